The van der Waals surface area contributed by atoms with Gasteiger partial charge < -0.3 is 5.73 Å². The molecule has 20 heavy (non-hydrogen) atoms. The van der Waals surface area contributed by atoms with Crippen molar-refractivity contribution in [3.63, 3.8) is 0 Å². The Morgan fingerprint density at radius 1 is 1.30 bits per heavy atom. The number of hydrogen-bond donors (Lipinski definition) is 1. The van der Waals surface area contributed by atoms with Crippen LogP contribution in [0.3, 0.4) is 0 Å². The first-order valence-corrected chi connectivity index (χ1v) is 7.03. The van der Waals surface area contributed by atoms with Crippen molar-refractivity contribution < 1.29 is 8.78 Å². The molecule has 6 heteroatoms. The maximum absolute atomic E-state index is 13.5. The van der Waals surface area contributed by atoms with Crippen molar-refractivity contribution in [3.8, 4) is 11.4 Å². The molecule has 0 saturated carbocycles. The monoisotopic (exact) mass is 341 g/mol. The molecule has 2 N–H and O–H groups in total. The van der Waals surface area contributed by atoms with Crippen molar-refractivity contribution in [2.24, 2.45) is 5.73 Å². The Morgan fingerprint density at radius 3 is 2.75 bits per heavy atom. The average molecular weight is 342 g/mol. The lowest BCUT2D eigenvalue weighted by molar-refractivity contribution is 0.504. The van der Waals surface area contributed by atoms with Crippen LogP contribution in [-0.2, 0) is 6.42 Å². The van der Waals surface area contributed by atoms with Gasteiger partial charge in [0.25, 0.3) is 0 Å². The van der Waals surface area contributed by atoms with Crippen molar-refractivity contribution >= 4 is 15.9 Å². The molecule has 106 valence electrons. The Kier molecular flexibility index (Phi) is 4.77. The highest BCUT2D eigenvalue weighted by atomic mass is 79.9. The second kappa shape index (κ2) is 6.37. The summed E-state index contributed by atoms with van der Waals surface area (Å²) in [5, 5.41) is 0. The second-order valence-electron chi connectivity index (χ2n) is 4.47. The van der Waals surface area contributed by atoms with Gasteiger partial charge in [-0.15, -0.1) is 0 Å². The second-order valence-corrected chi connectivity index (χ2v) is 5.26. The van der Waals surface area contributed by atoms with Crippen LogP contribution in [0.4, 0.5) is 8.78 Å². The molecule has 1 aromatic heterocycles. The summed E-state index contributed by atoms with van der Waals surface area (Å²) in [6.45, 7) is 2.00. The van der Waals surface area contributed by atoms with E-state index >= 15 is 0 Å². The van der Waals surface area contributed by atoms with Gasteiger partial charge in [-0.3, -0.25) is 0 Å². The van der Waals surface area contributed by atoms with Crippen LogP contribution >= 0.6 is 15.9 Å². The van der Waals surface area contributed by atoms with Crippen molar-refractivity contribution in [3.05, 3.63) is 46.2 Å². The average Bonchev–Trinajstić information content (AvgIpc) is 2.45. The highest BCUT2D eigenvalue weighted by molar-refractivity contribution is 9.10. The summed E-state index contributed by atoms with van der Waals surface area (Å²) >= 11 is 3.04. The zero-order valence-electron chi connectivity index (χ0n) is 10.9. The summed E-state index contributed by atoms with van der Waals surface area (Å²) in [6.07, 6.45) is 3.05. The summed E-state index contributed by atoms with van der Waals surface area (Å²) < 4.78 is 26.7. The maximum atomic E-state index is 13.5. The fraction of sp³-hybridized carbons (Fsp3) is 0.286. The largest absolute Gasteiger partial charge is 0.327 e. The third kappa shape index (κ3) is 3.19. The van der Waals surface area contributed by atoms with Gasteiger partial charge >= 0.3 is 0 Å². The van der Waals surface area contributed by atoms with E-state index < -0.39 is 11.6 Å². The Labute approximate surface area is 124 Å². The van der Waals surface area contributed by atoms with Gasteiger partial charge in [0.1, 0.15) is 0 Å². The van der Waals surface area contributed by atoms with Crippen molar-refractivity contribution in [2.45, 2.75) is 25.8 Å². The van der Waals surface area contributed by atoms with E-state index in [-0.39, 0.29) is 10.5 Å². The predicted octanol–water partition coefficient (Wildman–Crippen LogP) is 3.46. The molecule has 0 saturated heterocycles. The summed E-state index contributed by atoms with van der Waals surface area (Å²) in [7, 11) is 0. The number of rotatable bonds is 4. The van der Waals surface area contributed by atoms with Gasteiger partial charge in [0, 0.05) is 29.9 Å². The number of nitrogens with two attached hydrogens (primary N) is 1. The van der Waals surface area contributed by atoms with Gasteiger partial charge in [-0.2, -0.15) is 0 Å². The first-order chi connectivity index (χ1) is 9.52. The molecule has 0 spiro atoms. The quantitative estimate of drug-likeness (QED) is 0.866. The topological polar surface area (TPSA) is 51.8 Å². The fourth-order valence-corrected chi connectivity index (χ4v) is 2.25. The van der Waals surface area contributed by atoms with E-state index in [1.165, 1.54) is 6.07 Å². The van der Waals surface area contributed by atoms with E-state index in [1.807, 2.05) is 6.92 Å². The van der Waals surface area contributed by atoms with Crippen LogP contribution in [0.1, 0.15) is 19.0 Å². The lowest BCUT2D eigenvalue weighted by Gasteiger charge is -2.10. The lowest BCUT2D eigenvalue weighted by atomic mass is 10.1. The third-order valence-electron chi connectivity index (χ3n) is 2.99. The number of hydrogen-bond acceptors (Lipinski definition) is 3. The van der Waals surface area contributed by atoms with Crippen LogP contribution in [0.25, 0.3) is 11.4 Å². The minimum atomic E-state index is -0.943. The molecule has 1 unspecified atom stereocenters. The van der Waals surface area contributed by atoms with E-state index in [2.05, 4.69) is 25.9 Å². The van der Waals surface area contributed by atoms with E-state index in [1.54, 1.807) is 12.3 Å². The van der Waals surface area contributed by atoms with E-state index in [0.717, 1.165) is 18.2 Å². The van der Waals surface area contributed by atoms with Gasteiger partial charge in [-0.25, -0.2) is 18.7 Å². The molecule has 0 bridgehead atoms. The molecule has 0 fully saturated rings. The SMILES string of the molecule is CCC(N)Cc1ccnc(-c2ccc(F)c(F)c2Br)n1. The van der Waals surface area contributed by atoms with Gasteiger partial charge in [0.15, 0.2) is 17.5 Å². The van der Waals surface area contributed by atoms with E-state index in [0.29, 0.717) is 17.8 Å². The molecular formula is C14H14BrF2N3. The molecule has 1 aromatic carbocycles. The molecule has 0 radical (unpaired) electrons. The third-order valence-corrected chi connectivity index (χ3v) is 3.76. The lowest BCUT2D eigenvalue weighted by Crippen LogP contribution is -2.22. The van der Waals surface area contributed by atoms with E-state index in [4.69, 9.17) is 5.73 Å². The van der Waals surface area contributed by atoms with Crippen LogP contribution in [0.2, 0.25) is 0 Å². The Balaban J connectivity index is 2.39. The molecule has 3 nitrogen and oxygen atoms in total. The highest BCUT2D eigenvalue weighted by Crippen LogP contribution is 2.29. The molecular weight excluding hydrogens is 328 g/mol. The normalized spacial score (nSPS) is 12.4. The van der Waals surface area contributed by atoms with Crippen LogP contribution < -0.4 is 5.73 Å². The minimum absolute atomic E-state index is 0.0196. The number of aromatic nitrogens is 2. The zero-order valence-corrected chi connectivity index (χ0v) is 12.5. The minimum Gasteiger partial charge on any atom is -0.327 e. The predicted molar refractivity (Wildman–Crippen MR) is 77.1 cm³/mol. The molecule has 0 aliphatic carbocycles. The molecule has 1 heterocycles. The van der Waals surface area contributed by atoms with Gasteiger partial charge in [0.2, 0.25) is 0 Å². The first-order valence-electron chi connectivity index (χ1n) is 6.24. The summed E-state index contributed by atoms with van der Waals surface area (Å²) in [5.41, 5.74) is 7.08. The smallest absolute Gasteiger partial charge is 0.173 e. The Morgan fingerprint density at radius 2 is 2.05 bits per heavy atom. The summed E-state index contributed by atoms with van der Waals surface area (Å²) in [6, 6.07) is 4.29. The maximum Gasteiger partial charge on any atom is 0.173 e. The van der Waals surface area contributed by atoms with Gasteiger partial charge in [-0.05, 0) is 40.5 Å². The standard InChI is InChI=1S/C14H14BrF2N3/c1-2-8(18)7-9-5-6-19-14(20-9)10-3-4-11(16)13(17)12(10)15/h3-6,8H,2,7,18H2,1H3. The van der Waals surface area contributed by atoms with E-state index in [9.17, 15) is 8.78 Å². The zero-order chi connectivity index (χ0) is 14.7. The summed E-state index contributed by atoms with van der Waals surface area (Å²) in [4.78, 5) is 8.46. The van der Waals surface area contributed by atoms with Crippen LogP contribution in [-0.4, -0.2) is 16.0 Å². The molecule has 2 rings (SSSR count). The first kappa shape index (κ1) is 15.0. The van der Waals surface area contributed by atoms with Gasteiger partial charge in [-0.1, -0.05) is 6.92 Å². The van der Waals surface area contributed by atoms with Crippen LogP contribution in [0, 0.1) is 11.6 Å². The van der Waals surface area contributed by atoms with Crippen molar-refractivity contribution in [1.29, 1.82) is 0 Å². The molecule has 1 atom stereocenters. The number of benzene rings is 1. The molecule has 0 aliphatic rings. The Bertz CT molecular complexity index is 619. The van der Waals surface area contributed by atoms with Crippen molar-refractivity contribution in [2.75, 3.05) is 0 Å². The fourth-order valence-electron chi connectivity index (χ4n) is 1.75. The summed E-state index contributed by atoms with van der Waals surface area (Å²) in [5.74, 6) is -1.51. The number of nitrogens with zero attached hydrogens (tertiary/aromatic N) is 2. The van der Waals surface area contributed by atoms with Gasteiger partial charge in [0.05, 0.1) is 4.47 Å². The van der Waals surface area contributed by atoms with Crippen molar-refractivity contribution in [1.82, 2.24) is 9.97 Å². The molecule has 2 aromatic rings. The highest BCUT2D eigenvalue weighted by Gasteiger charge is 2.15. The van der Waals surface area contributed by atoms with Crippen LogP contribution in [0.5, 0.6) is 0 Å². The Hall–Kier alpha value is -1.40. The van der Waals surface area contributed by atoms with Crippen LogP contribution in [0.15, 0.2) is 28.9 Å². The molecule has 0 amide bonds. The molecule has 0 aliphatic heterocycles. The number of halogens is 3.